The van der Waals surface area contributed by atoms with Crippen molar-refractivity contribution in [1.29, 1.82) is 0 Å². The third kappa shape index (κ3) is 4.79. The molecule has 0 aromatic heterocycles. The Bertz CT molecular complexity index is 587. The van der Waals surface area contributed by atoms with E-state index in [-0.39, 0.29) is 12.4 Å². The van der Waals surface area contributed by atoms with E-state index in [1.54, 1.807) is 0 Å². The van der Waals surface area contributed by atoms with Gasteiger partial charge in [0.25, 0.3) is 0 Å². The zero-order valence-electron chi connectivity index (χ0n) is 12.5. The SMILES string of the molecule is Cl.c1ccc(CSC2=NCCCN2Cc2ccccc2)cc1. The molecule has 0 bridgehead atoms. The number of benzene rings is 2. The van der Waals surface area contributed by atoms with E-state index in [1.807, 2.05) is 11.8 Å². The molecule has 0 amide bonds. The summed E-state index contributed by atoms with van der Waals surface area (Å²) in [6, 6.07) is 21.3. The molecule has 0 spiro atoms. The molecule has 2 aromatic rings. The Morgan fingerprint density at radius 3 is 2.23 bits per heavy atom. The molecule has 1 heterocycles. The highest BCUT2D eigenvalue weighted by atomic mass is 35.5. The van der Waals surface area contributed by atoms with Crippen molar-refractivity contribution in [2.45, 2.75) is 18.7 Å². The van der Waals surface area contributed by atoms with Gasteiger partial charge in [0.15, 0.2) is 5.17 Å². The second kappa shape index (κ2) is 8.86. The van der Waals surface area contributed by atoms with Gasteiger partial charge >= 0.3 is 0 Å². The van der Waals surface area contributed by atoms with E-state index in [1.165, 1.54) is 16.3 Å². The Balaban J connectivity index is 0.00000176. The van der Waals surface area contributed by atoms with Crippen LogP contribution in [-0.2, 0) is 12.3 Å². The molecule has 3 rings (SSSR count). The molecule has 22 heavy (non-hydrogen) atoms. The van der Waals surface area contributed by atoms with Crippen LogP contribution in [0.15, 0.2) is 65.7 Å². The maximum absolute atomic E-state index is 4.73. The molecule has 2 nitrogen and oxygen atoms in total. The zero-order chi connectivity index (χ0) is 14.3. The number of aliphatic imine (C=N–C) groups is 1. The summed E-state index contributed by atoms with van der Waals surface area (Å²) >= 11 is 1.85. The van der Waals surface area contributed by atoms with E-state index < -0.39 is 0 Å². The Hall–Kier alpha value is -1.45. The molecule has 0 fully saturated rings. The average molecular weight is 333 g/mol. The minimum absolute atomic E-state index is 0. The first-order chi connectivity index (χ1) is 10.4. The number of thioether (sulfide) groups is 1. The highest BCUT2D eigenvalue weighted by molar-refractivity contribution is 8.13. The summed E-state index contributed by atoms with van der Waals surface area (Å²) in [5, 5.41) is 1.19. The van der Waals surface area contributed by atoms with Gasteiger partial charge in [-0.15, -0.1) is 12.4 Å². The van der Waals surface area contributed by atoms with Crippen LogP contribution in [0.5, 0.6) is 0 Å². The van der Waals surface area contributed by atoms with Gasteiger partial charge in [0.05, 0.1) is 0 Å². The molecule has 0 saturated heterocycles. The standard InChI is InChI=1S/C18H20N2S.ClH/c1-3-8-16(9-4-1)14-20-13-7-12-19-18(20)21-15-17-10-5-2-6-11-17;/h1-6,8-11H,7,12-15H2;1H. The van der Waals surface area contributed by atoms with Gasteiger partial charge in [-0.25, -0.2) is 0 Å². The molecule has 0 saturated carbocycles. The van der Waals surface area contributed by atoms with Gasteiger partial charge in [0, 0.05) is 25.4 Å². The average Bonchev–Trinajstić information content (AvgIpc) is 2.56. The summed E-state index contributed by atoms with van der Waals surface area (Å²) in [6.07, 6.45) is 1.15. The third-order valence-electron chi connectivity index (χ3n) is 3.53. The van der Waals surface area contributed by atoms with E-state index in [2.05, 4.69) is 65.6 Å². The fraction of sp³-hybridized carbons (Fsp3) is 0.278. The van der Waals surface area contributed by atoms with Crippen molar-refractivity contribution in [1.82, 2.24) is 4.90 Å². The number of hydrogen-bond acceptors (Lipinski definition) is 3. The van der Waals surface area contributed by atoms with Gasteiger partial charge in [-0.05, 0) is 17.5 Å². The lowest BCUT2D eigenvalue weighted by Gasteiger charge is -2.29. The minimum atomic E-state index is 0. The first-order valence-electron chi connectivity index (χ1n) is 7.42. The molecule has 116 valence electrons. The van der Waals surface area contributed by atoms with Crippen LogP contribution in [0.4, 0.5) is 0 Å². The van der Waals surface area contributed by atoms with Crippen molar-refractivity contribution in [3.63, 3.8) is 0 Å². The zero-order valence-corrected chi connectivity index (χ0v) is 14.2. The fourth-order valence-electron chi connectivity index (χ4n) is 2.44. The van der Waals surface area contributed by atoms with Crippen LogP contribution in [0, 0.1) is 0 Å². The Labute approximate surface area is 143 Å². The second-order valence-electron chi connectivity index (χ2n) is 5.20. The van der Waals surface area contributed by atoms with Crippen LogP contribution in [0.25, 0.3) is 0 Å². The highest BCUT2D eigenvalue weighted by Crippen LogP contribution is 2.21. The van der Waals surface area contributed by atoms with E-state index >= 15 is 0 Å². The highest BCUT2D eigenvalue weighted by Gasteiger charge is 2.16. The number of hydrogen-bond donors (Lipinski definition) is 0. The van der Waals surface area contributed by atoms with E-state index in [4.69, 9.17) is 4.99 Å². The lowest BCUT2D eigenvalue weighted by Crippen LogP contribution is -2.33. The molecule has 2 aromatic carbocycles. The maximum atomic E-state index is 4.73. The van der Waals surface area contributed by atoms with Crippen LogP contribution in [0.3, 0.4) is 0 Å². The van der Waals surface area contributed by atoms with E-state index in [0.717, 1.165) is 31.8 Å². The molecular formula is C18H21ClN2S. The van der Waals surface area contributed by atoms with Crippen LogP contribution >= 0.6 is 24.2 Å². The monoisotopic (exact) mass is 332 g/mol. The Kier molecular flexibility index (Phi) is 6.81. The lowest BCUT2D eigenvalue weighted by atomic mass is 10.2. The number of halogens is 1. The first-order valence-corrected chi connectivity index (χ1v) is 8.40. The van der Waals surface area contributed by atoms with Gasteiger partial charge in [-0.1, -0.05) is 72.4 Å². The number of amidine groups is 1. The molecule has 0 N–H and O–H groups in total. The second-order valence-corrected chi connectivity index (χ2v) is 6.14. The Morgan fingerprint density at radius 2 is 1.55 bits per heavy atom. The van der Waals surface area contributed by atoms with Crippen LogP contribution < -0.4 is 0 Å². The topological polar surface area (TPSA) is 15.6 Å². The summed E-state index contributed by atoms with van der Waals surface area (Å²) < 4.78 is 0. The lowest BCUT2D eigenvalue weighted by molar-refractivity contribution is 0.397. The molecule has 1 aliphatic rings. The van der Waals surface area contributed by atoms with Crippen LogP contribution in [-0.4, -0.2) is 23.2 Å². The third-order valence-corrected chi connectivity index (χ3v) is 4.65. The maximum Gasteiger partial charge on any atom is 0.159 e. The van der Waals surface area contributed by atoms with Crippen LogP contribution in [0.1, 0.15) is 17.5 Å². The molecule has 4 heteroatoms. The predicted octanol–water partition coefficient (Wildman–Crippen LogP) is 4.60. The number of rotatable bonds is 4. The van der Waals surface area contributed by atoms with Gasteiger partial charge in [-0.3, -0.25) is 4.99 Å². The first kappa shape index (κ1) is 16.9. The molecule has 0 atom stereocenters. The number of nitrogens with zero attached hydrogens (tertiary/aromatic N) is 2. The summed E-state index contributed by atoms with van der Waals surface area (Å²) in [7, 11) is 0. The van der Waals surface area contributed by atoms with Crippen molar-refractivity contribution >= 4 is 29.3 Å². The molecule has 1 aliphatic heterocycles. The van der Waals surface area contributed by atoms with Gasteiger partial charge in [-0.2, -0.15) is 0 Å². The van der Waals surface area contributed by atoms with Crippen molar-refractivity contribution in [2.75, 3.05) is 13.1 Å². The molecule has 0 aliphatic carbocycles. The summed E-state index contributed by atoms with van der Waals surface area (Å²) in [5.74, 6) is 0.991. The predicted molar refractivity (Wildman–Crippen MR) is 98.8 cm³/mol. The molecule has 0 unspecified atom stereocenters. The van der Waals surface area contributed by atoms with Crippen molar-refractivity contribution in [2.24, 2.45) is 4.99 Å². The summed E-state index contributed by atoms with van der Waals surface area (Å²) in [6.45, 7) is 3.03. The quantitative estimate of drug-likeness (QED) is 0.813. The summed E-state index contributed by atoms with van der Waals surface area (Å²) in [5.41, 5.74) is 2.71. The van der Waals surface area contributed by atoms with Gasteiger partial charge in [0.1, 0.15) is 0 Å². The van der Waals surface area contributed by atoms with Crippen LogP contribution in [0.2, 0.25) is 0 Å². The fourth-order valence-corrected chi connectivity index (χ4v) is 3.45. The van der Waals surface area contributed by atoms with E-state index in [9.17, 15) is 0 Å². The van der Waals surface area contributed by atoms with E-state index in [0.29, 0.717) is 0 Å². The normalized spacial score (nSPS) is 14.2. The Morgan fingerprint density at radius 1 is 0.909 bits per heavy atom. The van der Waals surface area contributed by atoms with Gasteiger partial charge in [0.2, 0.25) is 0 Å². The van der Waals surface area contributed by atoms with Crippen molar-refractivity contribution in [3.05, 3.63) is 71.8 Å². The van der Waals surface area contributed by atoms with Crippen molar-refractivity contribution in [3.8, 4) is 0 Å². The molecule has 0 radical (unpaired) electrons. The van der Waals surface area contributed by atoms with Gasteiger partial charge < -0.3 is 4.90 Å². The minimum Gasteiger partial charge on any atom is -0.347 e. The largest absolute Gasteiger partial charge is 0.347 e. The van der Waals surface area contributed by atoms with Crippen molar-refractivity contribution < 1.29 is 0 Å². The molecular weight excluding hydrogens is 312 g/mol. The summed E-state index contributed by atoms with van der Waals surface area (Å²) in [4.78, 5) is 7.14. The smallest absolute Gasteiger partial charge is 0.159 e.